The molecule has 49 heavy (non-hydrogen) atoms. The van der Waals surface area contributed by atoms with Crippen LogP contribution in [0.2, 0.25) is 0 Å². The maximum absolute atomic E-state index is 11.9. The van der Waals surface area contributed by atoms with E-state index in [1.807, 2.05) is 36.4 Å². The second kappa shape index (κ2) is 12.8. The smallest absolute Gasteiger partial charge is 0.352 e. The number of rotatable bonds is 2. The first-order valence-electron chi connectivity index (χ1n) is 15.5. The third-order valence-corrected chi connectivity index (χ3v) is 8.62. The lowest BCUT2D eigenvalue weighted by molar-refractivity contribution is 0.0680. The maximum atomic E-state index is 11.9. The molecule has 0 bridgehead atoms. The van der Waals surface area contributed by atoms with Gasteiger partial charge >= 0.3 is 11.9 Å². The molecule has 2 heterocycles. The lowest BCUT2D eigenvalue weighted by Crippen LogP contribution is -2.03. The van der Waals surface area contributed by atoms with Crippen LogP contribution < -0.4 is 10.9 Å². The average Bonchev–Trinajstić information content (AvgIpc) is 3.50. The SMILES string of the molecule is O=C(O)c1ccc2ccc3cccc(=O)c3c2[nH]1.O=C(O)c1ccc2ccc3cccc(=O)c3c2[nH]1.c1ccc2c(c1)Cc1ccccc1-2. The number of hydrogen-bond donors (Lipinski definition) is 4. The lowest BCUT2D eigenvalue weighted by Gasteiger charge is -2.04. The second-order valence-electron chi connectivity index (χ2n) is 11.6. The number of nitrogens with one attached hydrogen (secondary N) is 2. The van der Waals surface area contributed by atoms with Crippen molar-refractivity contribution in [2.75, 3.05) is 0 Å². The molecule has 0 radical (unpaired) electrons. The van der Waals surface area contributed by atoms with Gasteiger partial charge in [-0.2, -0.15) is 0 Å². The van der Waals surface area contributed by atoms with Gasteiger partial charge in [0.1, 0.15) is 11.4 Å². The highest BCUT2D eigenvalue weighted by Crippen LogP contribution is 2.35. The molecule has 0 fully saturated rings. The Morgan fingerprint density at radius 3 is 1.27 bits per heavy atom. The van der Waals surface area contributed by atoms with Gasteiger partial charge < -0.3 is 20.2 Å². The van der Waals surface area contributed by atoms with Crippen LogP contribution in [0.4, 0.5) is 0 Å². The minimum Gasteiger partial charge on any atom is -0.477 e. The summed E-state index contributed by atoms with van der Waals surface area (Å²) in [4.78, 5) is 51.3. The van der Waals surface area contributed by atoms with E-state index in [2.05, 4.69) is 58.5 Å². The number of carboxylic acids is 2. The molecule has 1 aliphatic carbocycles. The molecule has 0 aliphatic heterocycles. The number of aromatic nitrogens is 2. The average molecular weight is 645 g/mol. The molecule has 0 saturated carbocycles. The van der Waals surface area contributed by atoms with Gasteiger partial charge in [0.15, 0.2) is 10.9 Å². The second-order valence-corrected chi connectivity index (χ2v) is 11.6. The molecule has 6 aromatic carbocycles. The summed E-state index contributed by atoms with van der Waals surface area (Å²) in [5, 5.41) is 22.2. The molecule has 8 heteroatoms. The van der Waals surface area contributed by atoms with Crippen LogP contribution in [0.1, 0.15) is 32.1 Å². The largest absolute Gasteiger partial charge is 0.477 e. The van der Waals surface area contributed by atoms with Crippen LogP contribution in [0, 0.1) is 0 Å². The third kappa shape index (κ3) is 5.94. The Balaban J connectivity index is 0.000000117. The van der Waals surface area contributed by atoms with Gasteiger partial charge in [-0.05, 0) is 74.5 Å². The summed E-state index contributed by atoms with van der Waals surface area (Å²) in [5.41, 5.74) is 6.80. The molecule has 238 valence electrons. The fourth-order valence-electron chi connectivity index (χ4n) is 6.30. The summed E-state index contributed by atoms with van der Waals surface area (Å²) in [6, 6.07) is 41.1. The van der Waals surface area contributed by atoms with Crippen LogP contribution in [0.5, 0.6) is 0 Å². The van der Waals surface area contributed by atoms with Crippen LogP contribution in [-0.2, 0) is 6.42 Å². The summed E-state index contributed by atoms with van der Waals surface area (Å²) in [6.07, 6.45) is 1.10. The number of hydrogen-bond acceptors (Lipinski definition) is 4. The number of carbonyl (C=O) groups is 2. The van der Waals surface area contributed by atoms with Crippen LogP contribution in [0.3, 0.4) is 0 Å². The Hall–Kier alpha value is -6.80. The van der Waals surface area contributed by atoms with Gasteiger partial charge in [0.2, 0.25) is 0 Å². The summed E-state index contributed by atoms with van der Waals surface area (Å²) in [6.45, 7) is 0. The molecule has 0 saturated heterocycles. The van der Waals surface area contributed by atoms with Crippen molar-refractivity contribution in [3.8, 4) is 11.1 Å². The number of H-pyrrole nitrogens is 2. The standard InChI is InChI=1S/2C14H9NO3.C13H10/c2*16-11-3-1-2-8-4-5-9-6-7-10(14(17)18)15-13(9)12(8)11;1-3-7-12-10(5-1)9-11-6-2-4-8-13(11)12/h2*1-7,15H,(H,17,18);1-8H,9H2. The Morgan fingerprint density at radius 2 is 0.837 bits per heavy atom. The molecule has 8 nitrogen and oxygen atoms in total. The first-order valence-corrected chi connectivity index (χ1v) is 15.5. The first kappa shape index (κ1) is 30.8. The zero-order valence-corrected chi connectivity index (χ0v) is 25.9. The quantitative estimate of drug-likeness (QED) is 0.141. The fraction of sp³-hybridized carbons (Fsp3) is 0.0244. The molecule has 9 rings (SSSR count). The van der Waals surface area contributed by atoms with Gasteiger partial charge in [0.05, 0.1) is 21.8 Å². The molecule has 0 amide bonds. The third-order valence-electron chi connectivity index (χ3n) is 8.62. The Kier molecular flexibility index (Phi) is 8.04. The number of aromatic amines is 2. The number of benzene rings is 6. The van der Waals surface area contributed by atoms with E-state index in [4.69, 9.17) is 10.2 Å². The number of carboxylic acid groups (broad SMARTS) is 2. The first-order chi connectivity index (χ1) is 23.8. The lowest BCUT2D eigenvalue weighted by atomic mass is 10.1. The van der Waals surface area contributed by atoms with Gasteiger partial charge in [-0.25, -0.2) is 9.59 Å². The molecular formula is C41H28N2O6. The fourth-order valence-corrected chi connectivity index (χ4v) is 6.30. The normalized spacial score (nSPS) is 11.3. The van der Waals surface area contributed by atoms with Gasteiger partial charge in [-0.3, -0.25) is 9.59 Å². The molecule has 0 atom stereocenters. The van der Waals surface area contributed by atoms with Crippen LogP contribution in [-0.4, -0.2) is 32.1 Å². The van der Waals surface area contributed by atoms with Gasteiger partial charge in [-0.1, -0.05) is 109 Å². The highest BCUT2D eigenvalue weighted by molar-refractivity contribution is 6.07. The van der Waals surface area contributed by atoms with E-state index in [1.165, 1.54) is 46.5 Å². The van der Waals surface area contributed by atoms with Crippen LogP contribution in [0.15, 0.2) is 143 Å². The molecular weight excluding hydrogens is 616 g/mol. The Bertz CT molecular complexity index is 2520. The van der Waals surface area contributed by atoms with Gasteiger partial charge in [-0.15, -0.1) is 0 Å². The summed E-state index contributed by atoms with van der Waals surface area (Å²) >= 11 is 0. The highest BCUT2D eigenvalue weighted by Gasteiger charge is 2.16. The van der Waals surface area contributed by atoms with Gasteiger partial charge in [0.25, 0.3) is 0 Å². The van der Waals surface area contributed by atoms with E-state index < -0.39 is 11.9 Å². The topological polar surface area (TPSA) is 140 Å². The van der Waals surface area contributed by atoms with E-state index >= 15 is 0 Å². The van der Waals surface area contributed by atoms with Crippen LogP contribution >= 0.6 is 0 Å². The maximum Gasteiger partial charge on any atom is 0.352 e. The molecule has 0 spiro atoms. The van der Waals surface area contributed by atoms with Crippen molar-refractivity contribution >= 4 is 55.3 Å². The number of pyridine rings is 2. The van der Waals surface area contributed by atoms with E-state index in [9.17, 15) is 19.2 Å². The zero-order valence-electron chi connectivity index (χ0n) is 25.9. The van der Waals surface area contributed by atoms with Crippen molar-refractivity contribution < 1.29 is 19.8 Å². The highest BCUT2D eigenvalue weighted by atomic mass is 16.4. The molecule has 0 unspecified atom stereocenters. The zero-order chi connectivity index (χ0) is 34.1. The Labute approximate surface area is 278 Å². The number of aromatic carboxylic acids is 2. The predicted octanol–water partition coefficient (Wildman–Crippen LogP) is 8.02. The number of fused-ring (bicyclic) bond motifs is 9. The molecule has 1 aliphatic rings. The molecule has 4 N–H and O–H groups in total. The summed E-state index contributed by atoms with van der Waals surface area (Å²) in [5.74, 6) is -2.09. The van der Waals surface area contributed by atoms with Crippen molar-refractivity contribution in [2.45, 2.75) is 6.42 Å². The Morgan fingerprint density at radius 1 is 0.449 bits per heavy atom. The van der Waals surface area contributed by atoms with Crippen molar-refractivity contribution in [3.63, 3.8) is 0 Å². The molecule has 8 aromatic rings. The van der Waals surface area contributed by atoms with E-state index in [1.54, 1.807) is 24.3 Å². The van der Waals surface area contributed by atoms with E-state index in [0.717, 1.165) is 28.0 Å². The minimum absolute atomic E-state index is 0.0678. The predicted molar refractivity (Wildman–Crippen MR) is 193 cm³/mol. The summed E-state index contributed by atoms with van der Waals surface area (Å²) < 4.78 is 0. The summed E-state index contributed by atoms with van der Waals surface area (Å²) in [7, 11) is 0. The van der Waals surface area contributed by atoms with Crippen LogP contribution in [0.25, 0.3) is 54.5 Å². The minimum atomic E-state index is -1.04. The van der Waals surface area contributed by atoms with Crippen molar-refractivity contribution in [1.29, 1.82) is 0 Å². The van der Waals surface area contributed by atoms with E-state index in [0.29, 0.717) is 21.8 Å². The van der Waals surface area contributed by atoms with Gasteiger partial charge in [0, 0.05) is 0 Å². The van der Waals surface area contributed by atoms with Crippen molar-refractivity contribution in [3.05, 3.63) is 176 Å². The van der Waals surface area contributed by atoms with E-state index in [-0.39, 0.29) is 22.2 Å². The monoisotopic (exact) mass is 644 g/mol. The molecule has 2 aromatic heterocycles. The van der Waals surface area contributed by atoms with Crippen molar-refractivity contribution in [1.82, 2.24) is 9.97 Å². The van der Waals surface area contributed by atoms with Crippen molar-refractivity contribution in [2.24, 2.45) is 0 Å².